The van der Waals surface area contributed by atoms with Gasteiger partial charge in [0.05, 0.1) is 18.1 Å². The quantitative estimate of drug-likeness (QED) is 0.628. The second-order valence-electron chi connectivity index (χ2n) is 7.26. The summed E-state index contributed by atoms with van der Waals surface area (Å²) in [5.74, 6) is -0.0719. The van der Waals surface area contributed by atoms with E-state index >= 15 is 0 Å². The molecule has 1 aliphatic rings. The fourth-order valence-corrected chi connectivity index (χ4v) is 3.58. The van der Waals surface area contributed by atoms with Crippen LogP contribution in [0, 0.1) is 0 Å². The zero-order chi connectivity index (χ0) is 20.9. The predicted octanol–water partition coefficient (Wildman–Crippen LogP) is 4.60. The summed E-state index contributed by atoms with van der Waals surface area (Å²) >= 11 is 0. The van der Waals surface area contributed by atoms with Gasteiger partial charge in [0.25, 0.3) is 0 Å². The topological polar surface area (TPSA) is 58.6 Å². The number of aliphatic carboxylic acids is 1. The highest BCUT2D eigenvalue weighted by Crippen LogP contribution is 2.32. The number of hydrogen-bond donors (Lipinski definition) is 2. The molecule has 0 fully saturated rings. The molecule has 7 heteroatoms. The van der Waals surface area contributed by atoms with E-state index in [0.29, 0.717) is 6.54 Å². The maximum atomic E-state index is 12.6. The van der Waals surface area contributed by atoms with E-state index in [1.54, 1.807) is 0 Å². The van der Waals surface area contributed by atoms with Gasteiger partial charge in [-0.2, -0.15) is 13.2 Å². The largest absolute Gasteiger partial charge is 0.490 e. The third-order valence-electron chi connectivity index (χ3n) is 5.07. The van der Waals surface area contributed by atoms with E-state index in [2.05, 4.69) is 5.32 Å². The lowest BCUT2D eigenvalue weighted by molar-refractivity contribution is -0.138. The maximum Gasteiger partial charge on any atom is 0.416 e. The molecule has 2 aromatic rings. The van der Waals surface area contributed by atoms with Crippen LogP contribution in [0.15, 0.2) is 42.5 Å². The first-order chi connectivity index (χ1) is 13.8. The molecule has 2 aromatic carbocycles. The van der Waals surface area contributed by atoms with Crippen LogP contribution in [0.5, 0.6) is 5.75 Å². The molecule has 1 atom stereocenters. The van der Waals surface area contributed by atoms with Crippen LogP contribution in [0.25, 0.3) is 0 Å². The van der Waals surface area contributed by atoms with E-state index in [-0.39, 0.29) is 12.5 Å². The van der Waals surface area contributed by atoms with Crippen molar-refractivity contribution in [3.63, 3.8) is 0 Å². The highest BCUT2D eigenvalue weighted by atomic mass is 19.4. The fraction of sp³-hybridized carbons (Fsp3) is 0.409. The molecule has 1 heterocycles. The van der Waals surface area contributed by atoms with E-state index in [1.807, 2.05) is 18.2 Å². The van der Waals surface area contributed by atoms with Crippen molar-refractivity contribution in [1.29, 1.82) is 0 Å². The Morgan fingerprint density at radius 2 is 1.93 bits per heavy atom. The molecule has 0 saturated heterocycles. The van der Waals surface area contributed by atoms with Crippen LogP contribution < -0.4 is 10.1 Å². The average molecular weight is 407 g/mol. The zero-order valence-electron chi connectivity index (χ0n) is 16.0. The van der Waals surface area contributed by atoms with Crippen molar-refractivity contribution >= 4 is 5.97 Å². The standard InChI is InChI=1S/C22H24F3NO3/c23-22(24,25)17-8-6-15(7-9-17)14-26-12-2-4-18-10-11-19-16(13-21(27)28)3-1-5-20(19)29-18/h1,3,5-9,18,26H,2,4,10-14H2,(H,27,28). The Balaban J connectivity index is 1.40. The van der Waals surface area contributed by atoms with Gasteiger partial charge in [0, 0.05) is 6.54 Å². The van der Waals surface area contributed by atoms with E-state index < -0.39 is 17.7 Å². The summed E-state index contributed by atoms with van der Waals surface area (Å²) in [6.07, 6.45) is -0.803. The minimum absolute atomic E-state index is 0.00503. The van der Waals surface area contributed by atoms with Crippen LogP contribution in [-0.4, -0.2) is 23.7 Å². The van der Waals surface area contributed by atoms with Gasteiger partial charge in [-0.1, -0.05) is 24.3 Å². The van der Waals surface area contributed by atoms with Crippen molar-refractivity contribution < 1.29 is 27.8 Å². The van der Waals surface area contributed by atoms with Crippen LogP contribution in [-0.2, 0) is 30.4 Å². The lowest BCUT2D eigenvalue weighted by Gasteiger charge is -2.27. The second-order valence-corrected chi connectivity index (χ2v) is 7.26. The van der Waals surface area contributed by atoms with Gasteiger partial charge in [-0.05, 0) is 67.1 Å². The zero-order valence-corrected chi connectivity index (χ0v) is 16.0. The van der Waals surface area contributed by atoms with Crippen LogP contribution in [0.2, 0.25) is 0 Å². The van der Waals surface area contributed by atoms with Gasteiger partial charge < -0.3 is 15.2 Å². The van der Waals surface area contributed by atoms with Crippen molar-refractivity contribution in [3.05, 3.63) is 64.7 Å². The fourth-order valence-electron chi connectivity index (χ4n) is 3.58. The van der Waals surface area contributed by atoms with Crippen molar-refractivity contribution in [2.45, 2.75) is 50.9 Å². The van der Waals surface area contributed by atoms with Gasteiger partial charge in [0.1, 0.15) is 5.75 Å². The Hall–Kier alpha value is -2.54. The SMILES string of the molecule is O=C(O)Cc1cccc2c1CCC(CCCNCc1ccc(C(F)(F)F)cc1)O2. The summed E-state index contributed by atoms with van der Waals surface area (Å²) in [4.78, 5) is 11.0. The lowest BCUT2D eigenvalue weighted by atomic mass is 9.94. The molecule has 0 bridgehead atoms. The lowest BCUT2D eigenvalue weighted by Crippen LogP contribution is -2.25. The Morgan fingerprint density at radius 1 is 1.17 bits per heavy atom. The molecule has 0 saturated carbocycles. The molecular weight excluding hydrogens is 383 g/mol. The van der Waals surface area contributed by atoms with Gasteiger partial charge in [-0.15, -0.1) is 0 Å². The molecule has 0 aromatic heterocycles. The molecule has 0 aliphatic carbocycles. The number of nitrogens with one attached hydrogen (secondary N) is 1. The summed E-state index contributed by atoms with van der Waals surface area (Å²) in [7, 11) is 0. The molecule has 29 heavy (non-hydrogen) atoms. The number of rotatable bonds is 8. The number of halogens is 3. The monoisotopic (exact) mass is 407 g/mol. The first-order valence-corrected chi connectivity index (χ1v) is 9.69. The first kappa shape index (κ1) is 21.2. The predicted molar refractivity (Wildman–Crippen MR) is 103 cm³/mol. The third-order valence-corrected chi connectivity index (χ3v) is 5.07. The first-order valence-electron chi connectivity index (χ1n) is 9.69. The Kier molecular flexibility index (Phi) is 6.79. The number of ether oxygens (including phenoxy) is 1. The Bertz CT molecular complexity index is 834. The summed E-state index contributed by atoms with van der Waals surface area (Å²) in [6.45, 7) is 1.26. The van der Waals surface area contributed by atoms with Crippen molar-refractivity contribution in [3.8, 4) is 5.75 Å². The Morgan fingerprint density at radius 3 is 2.62 bits per heavy atom. The molecule has 3 rings (SSSR count). The molecular formula is C22H24F3NO3. The average Bonchev–Trinajstić information content (AvgIpc) is 2.67. The van der Waals surface area contributed by atoms with Gasteiger partial charge in [0.2, 0.25) is 0 Å². The van der Waals surface area contributed by atoms with Crippen molar-refractivity contribution in [2.24, 2.45) is 0 Å². The second kappa shape index (κ2) is 9.31. The van der Waals surface area contributed by atoms with Gasteiger partial charge >= 0.3 is 12.1 Å². The number of carboxylic acids is 1. The van der Waals surface area contributed by atoms with E-state index in [9.17, 15) is 18.0 Å². The summed E-state index contributed by atoms with van der Waals surface area (Å²) < 4.78 is 43.7. The number of benzene rings is 2. The highest BCUT2D eigenvalue weighted by molar-refractivity contribution is 5.71. The number of carbonyl (C=O) groups is 1. The van der Waals surface area contributed by atoms with Gasteiger partial charge in [-0.25, -0.2) is 0 Å². The van der Waals surface area contributed by atoms with Crippen LogP contribution in [0.3, 0.4) is 0 Å². The third kappa shape index (κ3) is 5.97. The minimum Gasteiger partial charge on any atom is -0.490 e. The molecule has 0 radical (unpaired) electrons. The van der Waals surface area contributed by atoms with Crippen molar-refractivity contribution in [1.82, 2.24) is 5.32 Å². The van der Waals surface area contributed by atoms with E-state index in [1.165, 1.54) is 12.1 Å². The van der Waals surface area contributed by atoms with Gasteiger partial charge in [-0.3, -0.25) is 4.79 Å². The number of hydrogen-bond acceptors (Lipinski definition) is 3. The molecule has 1 aliphatic heterocycles. The van der Waals surface area contributed by atoms with E-state index in [4.69, 9.17) is 9.84 Å². The summed E-state index contributed by atoms with van der Waals surface area (Å²) in [5, 5.41) is 12.3. The van der Waals surface area contributed by atoms with E-state index in [0.717, 1.165) is 66.8 Å². The van der Waals surface area contributed by atoms with Gasteiger partial charge in [0.15, 0.2) is 0 Å². The van der Waals surface area contributed by atoms with Crippen LogP contribution in [0.4, 0.5) is 13.2 Å². The molecule has 1 unspecified atom stereocenters. The van der Waals surface area contributed by atoms with Crippen LogP contribution in [0.1, 0.15) is 41.5 Å². The summed E-state index contributed by atoms with van der Waals surface area (Å²) in [5.41, 5.74) is 1.98. The van der Waals surface area contributed by atoms with Crippen molar-refractivity contribution in [2.75, 3.05) is 6.54 Å². The van der Waals surface area contributed by atoms with Crippen LogP contribution >= 0.6 is 0 Å². The summed E-state index contributed by atoms with van der Waals surface area (Å²) in [6, 6.07) is 10.7. The Labute approximate surface area is 167 Å². The number of fused-ring (bicyclic) bond motifs is 1. The molecule has 156 valence electrons. The number of carboxylic acid groups (broad SMARTS) is 1. The molecule has 0 spiro atoms. The smallest absolute Gasteiger partial charge is 0.416 e. The normalized spacial score (nSPS) is 16.2. The highest BCUT2D eigenvalue weighted by Gasteiger charge is 2.29. The molecule has 0 amide bonds. The minimum atomic E-state index is -4.31. The molecule has 4 nitrogen and oxygen atoms in total. The molecule has 2 N–H and O–H groups in total. The maximum absolute atomic E-state index is 12.6. The number of alkyl halides is 3.